The molecule has 0 amide bonds. The van der Waals surface area contributed by atoms with Gasteiger partial charge in [-0.3, -0.25) is 9.58 Å². The van der Waals surface area contributed by atoms with E-state index in [-0.39, 0.29) is 11.6 Å². The van der Waals surface area contributed by atoms with Gasteiger partial charge >= 0.3 is 6.18 Å². The highest BCUT2D eigenvalue weighted by Gasteiger charge is 2.48. The van der Waals surface area contributed by atoms with Crippen LogP contribution in [0.5, 0.6) is 0 Å². The highest BCUT2D eigenvalue weighted by atomic mass is 32.1. The van der Waals surface area contributed by atoms with E-state index in [4.69, 9.17) is 9.47 Å². The van der Waals surface area contributed by atoms with Gasteiger partial charge in [0.2, 0.25) is 0 Å². The van der Waals surface area contributed by atoms with Crippen LogP contribution in [0.25, 0.3) is 0 Å². The summed E-state index contributed by atoms with van der Waals surface area (Å²) in [6.45, 7) is 4.55. The van der Waals surface area contributed by atoms with Gasteiger partial charge in [0.05, 0.1) is 32.6 Å². The molecule has 3 aliphatic heterocycles. The van der Waals surface area contributed by atoms with Crippen LogP contribution in [0.2, 0.25) is 0 Å². The van der Waals surface area contributed by atoms with Gasteiger partial charge in [-0.1, -0.05) is 0 Å². The Morgan fingerprint density at radius 2 is 2.11 bits per heavy atom. The molecule has 11 heteroatoms. The maximum absolute atomic E-state index is 13.7. The third-order valence-corrected chi connectivity index (χ3v) is 9.06. The lowest BCUT2D eigenvalue weighted by Crippen LogP contribution is -2.50. The molecule has 3 aliphatic rings. The molecule has 2 aromatic rings. The van der Waals surface area contributed by atoms with Gasteiger partial charge in [0, 0.05) is 47.9 Å². The number of aromatic nitrogens is 2. The number of aliphatic hydroxyl groups is 2. The Kier molecular flexibility index (Phi) is 6.77. The Morgan fingerprint density at radius 1 is 1.29 bits per heavy atom. The quantitative estimate of drug-likeness (QED) is 0.635. The number of halogens is 3. The van der Waals surface area contributed by atoms with Crippen molar-refractivity contribution in [2.75, 3.05) is 26.4 Å². The molecule has 5 heterocycles. The molecule has 7 nitrogen and oxygen atoms in total. The van der Waals surface area contributed by atoms with Crippen LogP contribution in [0.1, 0.15) is 59.1 Å². The number of aliphatic hydroxyl groups excluding tert-OH is 1. The number of hydrogen-bond acceptors (Lipinski definition) is 7. The van der Waals surface area contributed by atoms with Gasteiger partial charge < -0.3 is 19.7 Å². The molecule has 1 spiro atoms. The maximum Gasteiger partial charge on any atom is 0.425 e. The van der Waals surface area contributed by atoms with Gasteiger partial charge in [0.1, 0.15) is 16.1 Å². The van der Waals surface area contributed by atoms with E-state index in [2.05, 4.69) is 16.9 Å². The minimum absolute atomic E-state index is 0.0210. The molecule has 2 fully saturated rings. The number of rotatable bonds is 5. The van der Waals surface area contributed by atoms with E-state index in [0.29, 0.717) is 75.6 Å². The smallest absolute Gasteiger partial charge is 0.392 e. The molecule has 2 N–H and O–H groups in total. The zero-order valence-electron chi connectivity index (χ0n) is 19.8. The number of ether oxygens (including phenoxy) is 2. The van der Waals surface area contributed by atoms with Gasteiger partial charge in [-0.05, 0) is 44.6 Å². The summed E-state index contributed by atoms with van der Waals surface area (Å²) in [5.74, 6) is 0. The molecule has 0 saturated carbocycles. The van der Waals surface area contributed by atoms with Crippen LogP contribution in [-0.4, -0.2) is 62.9 Å². The number of alkyl halides is 3. The van der Waals surface area contributed by atoms with Crippen molar-refractivity contribution in [1.29, 1.82) is 0 Å². The fraction of sp³-hybridized carbons (Fsp3) is 0.708. The summed E-state index contributed by atoms with van der Waals surface area (Å²) in [7, 11) is 0. The topological polar surface area (TPSA) is 80.0 Å². The Morgan fingerprint density at radius 3 is 2.80 bits per heavy atom. The monoisotopic (exact) mass is 515 g/mol. The number of likely N-dealkylation sites (tertiary alicyclic amines) is 1. The molecule has 2 saturated heterocycles. The number of piperidine rings is 1. The van der Waals surface area contributed by atoms with Crippen molar-refractivity contribution < 1.29 is 32.9 Å². The molecule has 5 rings (SSSR count). The van der Waals surface area contributed by atoms with E-state index < -0.39 is 28.9 Å². The van der Waals surface area contributed by atoms with E-state index in [9.17, 15) is 23.4 Å². The van der Waals surface area contributed by atoms with Crippen molar-refractivity contribution in [3.63, 3.8) is 0 Å². The number of fused-ring (bicyclic) bond motifs is 2. The van der Waals surface area contributed by atoms with Crippen LogP contribution in [0.4, 0.5) is 13.2 Å². The van der Waals surface area contributed by atoms with E-state index in [1.165, 1.54) is 0 Å². The van der Waals surface area contributed by atoms with E-state index >= 15 is 0 Å². The predicted molar refractivity (Wildman–Crippen MR) is 123 cm³/mol. The van der Waals surface area contributed by atoms with Crippen molar-refractivity contribution in [3.8, 4) is 0 Å². The summed E-state index contributed by atoms with van der Waals surface area (Å²) in [5.41, 5.74) is 0.0358. The number of nitrogens with zero attached hydrogens (tertiary/aromatic N) is 3. The SMILES string of the molecule is C[C@H]1C[C@@]2(CCN1Cc1cnn(CC3(O)CCCOC3)c1)OCCc1c2sc(C(F)(F)F)c1CO. The summed E-state index contributed by atoms with van der Waals surface area (Å²) in [6, 6.07) is 0.0861. The van der Waals surface area contributed by atoms with Crippen molar-refractivity contribution in [3.05, 3.63) is 38.8 Å². The predicted octanol–water partition coefficient (Wildman–Crippen LogP) is 3.45. The van der Waals surface area contributed by atoms with Crippen molar-refractivity contribution in [1.82, 2.24) is 14.7 Å². The molecule has 35 heavy (non-hydrogen) atoms. The fourth-order valence-electron chi connectivity index (χ4n) is 5.84. The first-order chi connectivity index (χ1) is 16.6. The number of hydrogen-bond donors (Lipinski definition) is 2. The standard InChI is InChI=1S/C24H32F3N3O4S/c1-16-9-23(20-18(3-8-34-23)19(13-31)21(35-20)24(25,26)27)5-6-29(16)11-17-10-28-30(12-17)14-22(32)4-2-7-33-15-22/h10,12,16,31-32H,2-9,11,13-15H2,1H3/t16-,22?,23+/m0/s1. The van der Waals surface area contributed by atoms with Gasteiger partial charge in [-0.15, -0.1) is 11.3 Å². The van der Waals surface area contributed by atoms with Crippen LogP contribution < -0.4 is 0 Å². The van der Waals surface area contributed by atoms with E-state index in [0.717, 1.165) is 23.3 Å². The second-order valence-electron chi connectivity index (χ2n) is 10.2. The average molecular weight is 516 g/mol. The molecule has 0 aromatic carbocycles. The average Bonchev–Trinajstić information content (AvgIpc) is 3.41. The second kappa shape index (κ2) is 9.42. The van der Waals surface area contributed by atoms with Gasteiger partial charge in [-0.2, -0.15) is 18.3 Å². The maximum atomic E-state index is 13.7. The highest BCUT2D eigenvalue weighted by Crippen LogP contribution is 2.51. The Labute approximate surface area is 206 Å². The minimum atomic E-state index is -4.48. The zero-order valence-corrected chi connectivity index (χ0v) is 20.6. The van der Waals surface area contributed by atoms with Crippen LogP contribution in [0.15, 0.2) is 12.4 Å². The van der Waals surface area contributed by atoms with Crippen LogP contribution in [-0.2, 0) is 47.4 Å². The second-order valence-corrected chi connectivity index (χ2v) is 11.2. The normalized spacial score (nSPS) is 30.1. The molecule has 0 bridgehead atoms. The summed E-state index contributed by atoms with van der Waals surface area (Å²) in [4.78, 5) is 2.25. The van der Waals surface area contributed by atoms with Crippen LogP contribution >= 0.6 is 11.3 Å². The summed E-state index contributed by atoms with van der Waals surface area (Å²) in [6.07, 6.45) is 2.37. The first-order valence-corrected chi connectivity index (χ1v) is 13.0. The lowest BCUT2D eigenvalue weighted by molar-refractivity contribution is -0.135. The van der Waals surface area contributed by atoms with Gasteiger partial charge in [-0.25, -0.2) is 0 Å². The molecule has 194 valence electrons. The first-order valence-electron chi connectivity index (χ1n) is 12.1. The molecule has 3 atom stereocenters. The molecule has 0 radical (unpaired) electrons. The molecule has 0 aliphatic carbocycles. The van der Waals surface area contributed by atoms with E-state index in [1.54, 1.807) is 4.68 Å². The third kappa shape index (κ3) is 4.91. The highest BCUT2D eigenvalue weighted by molar-refractivity contribution is 7.12. The summed E-state index contributed by atoms with van der Waals surface area (Å²) < 4.78 is 54.4. The Bertz CT molecular complexity index is 1050. The van der Waals surface area contributed by atoms with E-state index in [1.807, 2.05) is 12.4 Å². The van der Waals surface area contributed by atoms with Crippen molar-refractivity contribution in [2.45, 2.75) is 82.1 Å². The van der Waals surface area contributed by atoms with Crippen molar-refractivity contribution in [2.24, 2.45) is 0 Å². The van der Waals surface area contributed by atoms with Crippen molar-refractivity contribution >= 4 is 11.3 Å². The third-order valence-electron chi connectivity index (χ3n) is 7.56. The van der Waals surface area contributed by atoms with Crippen LogP contribution in [0, 0.1) is 0 Å². The summed E-state index contributed by atoms with van der Waals surface area (Å²) >= 11 is 0.750. The lowest BCUT2D eigenvalue weighted by Gasteiger charge is -2.47. The molecular weight excluding hydrogens is 483 g/mol. The zero-order chi connectivity index (χ0) is 24.8. The number of thiophene rings is 1. The minimum Gasteiger partial charge on any atom is -0.392 e. The Hall–Kier alpha value is -1.50. The molecule has 1 unspecified atom stereocenters. The molecule has 2 aromatic heterocycles. The lowest BCUT2D eigenvalue weighted by atomic mass is 9.81. The fourth-order valence-corrected chi connectivity index (χ4v) is 7.25. The van der Waals surface area contributed by atoms with Gasteiger partial charge in [0.25, 0.3) is 0 Å². The van der Waals surface area contributed by atoms with Crippen LogP contribution in [0.3, 0.4) is 0 Å². The summed E-state index contributed by atoms with van der Waals surface area (Å²) in [5, 5.41) is 24.9. The largest absolute Gasteiger partial charge is 0.425 e. The Balaban J connectivity index is 1.29. The first kappa shape index (κ1) is 25.2. The molecular formula is C24H32F3N3O4S. The van der Waals surface area contributed by atoms with Gasteiger partial charge in [0.15, 0.2) is 0 Å².